The number of likely N-dealkylation sites (tertiary alicyclic amines) is 1. The standard InChI is InChI=1S/C24H24N4O4/c29-21-14-20-24(28(21)15-19(32-24)16-5-2-1-3-6-16)9-11-27(20)22(30)17-7-4-8-18(13-17)26-12-10-25-23(26)31/h1-8,13,19-20H,9-12,14-15H2,(H,25,31)/t19-,20+,24-/m0/s1. The van der Waals surface area contributed by atoms with E-state index >= 15 is 0 Å². The van der Waals surface area contributed by atoms with E-state index < -0.39 is 5.72 Å². The predicted octanol–water partition coefficient (Wildman–Crippen LogP) is 2.13. The third-order valence-electron chi connectivity index (χ3n) is 7.12. The van der Waals surface area contributed by atoms with Crippen LogP contribution in [0, 0.1) is 0 Å². The minimum absolute atomic E-state index is 0.0356. The van der Waals surface area contributed by atoms with Gasteiger partial charge < -0.3 is 19.9 Å². The molecule has 0 aromatic heterocycles. The van der Waals surface area contributed by atoms with E-state index in [1.807, 2.05) is 41.3 Å². The number of hydrogen-bond acceptors (Lipinski definition) is 4. The van der Waals surface area contributed by atoms with Gasteiger partial charge in [-0.1, -0.05) is 36.4 Å². The smallest absolute Gasteiger partial charge is 0.321 e. The Labute approximate surface area is 185 Å². The second-order valence-corrected chi connectivity index (χ2v) is 8.77. The third-order valence-corrected chi connectivity index (χ3v) is 7.12. The first-order valence-electron chi connectivity index (χ1n) is 11.1. The number of carbonyl (C=O) groups is 3. The number of hydrogen-bond donors (Lipinski definition) is 1. The Kier molecular flexibility index (Phi) is 4.26. The summed E-state index contributed by atoms with van der Waals surface area (Å²) in [7, 11) is 0. The molecule has 1 spiro atoms. The number of nitrogens with one attached hydrogen (secondary N) is 1. The monoisotopic (exact) mass is 432 g/mol. The molecule has 0 aliphatic carbocycles. The molecule has 0 saturated carbocycles. The predicted molar refractivity (Wildman–Crippen MR) is 116 cm³/mol. The molecule has 3 atom stereocenters. The van der Waals surface area contributed by atoms with E-state index in [2.05, 4.69) is 5.32 Å². The van der Waals surface area contributed by atoms with Crippen LogP contribution in [0.1, 0.15) is 34.9 Å². The molecule has 4 heterocycles. The maximum atomic E-state index is 13.5. The van der Waals surface area contributed by atoms with Gasteiger partial charge in [-0.15, -0.1) is 0 Å². The summed E-state index contributed by atoms with van der Waals surface area (Å²) >= 11 is 0. The van der Waals surface area contributed by atoms with Gasteiger partial charge in [0.05, 0.1) is 19.0 Å². The molecule has 4 fully saturated rings. The quantitative estimate of drug-likeness (QED) is 0.806. The van der Waals surface area contributed by atoms with Gasteiger partial charge in [0.25, 0.3) is 5.91 Å². The van der Waals surface area contributed by atoms with Crippen molar-refractivity contribution in [3.05, 3.63) is 65.7 Å². The highest BCUT2D eigenvalue weighted by molar-refractivity contribution is 5.99. The van der Waals surface area contributed by atoms with E-state index in [0.29, 0.717) is 43.9 Å². The van der Waals surface area contributed by atoms with E-state index in [0.717, 1.165) is 5.56 Å². The number of anilines is 1. The molecule has 4 amide bonds. The highest BCUT2D eigenvalue weighted by Gasteiger charge is 2.65. The summed E-state index contributed by atoms with van der Waals surface area (Å²) in [4.78, 5) is 43.7. The van der Waals surface area contributed by atoms with Crippen molar-refractivity contribution in [2.75, 3.05) is 31.1 Å². The van der Waals surface area contributed by atoms with Crippen LogP contribution < -0.4 is 10.2 Å². The van der Waals surface area contributed by atoms with Gasteiger partial charge in [0, 0.05) is 37.3 Å². The summed E-state index contributed by atoms with van der Waals surface area (Å²) < 4.78 is 6.54. The van der Waals surface area contributed by atoms with Crippen LogP contribution in [0.5, 0.6) is 0 Å². The molecular formula is C24H24N4O4. The van der Waals surface area contributed by atoms with Crippen LogP contribution in [-0.4, -0.2) is 65.6 Å². The third kappa shape index (κ3) is 2.75. The summed E-state index contributed by atoms with van der Waals surface area (Å²) in [5.74, 6) is -0.0943. The van der Waals surface area contributed by atoms with Crippen LogP contribution in [-0.2, 0) is 9.53 Å². The minimum Gasteiger partial charge on any atom is -0.343 e. The van der Waals surface area contributed by atoms with E-state index in [-0.39, 0.29) is 36.4 Å². The Morgan fingerprint density at radius 1 is 1.06 bits per heavy atom. The van der Waals surface area contributed by atoms with E-state index in [1.165, 1.54) is 0 Å². The zero-order valence-corrected chi connectivity index (χ0v) is 17.6. The van der Waals surface area contributed by atoms with Crippen molar-refractivity contribution in [1.29, 1.82) is 0 Å². The van der Waals surface area contributed by atoms with Gasteiger partial charge in [-0.2, -0.15) is 0 Å². The average Bonchev–Trinajstić information content (AvgIpc) is 3.56. The van der Waals surface area contributed by atoms with Gasteiger partial charge in [-0.25, -0.2) is 4.79 Å². The van der Waals surface area contributed by atoms with Gasteiger partial charge in [0.15, 0.2) is 5.72 Å². The second-order valence-electron chi connectivity index (χ2n) is 8.77. The number of urea groups is 1. The van der Waals surface area contributed by atoms with Gasteiger partial charge >= 0.3 is 6.03 Å². The van der Waals surface area contributed by atoms with Crippen molar-refractivity contribution in [3.63, 3.8) is 0 Å². The molecule has 4 aliphatic rings. The van der Waals surface area contributed by atoms with Crippen LogP contribution in [0.15, 0.2) is 54.6 Å². The van der Waals surface area contributed by atoms with Gasteiger partial charge in [-0.3, -0.25) is 14.5 Å². The fourth-order valence-electron chi connectivity index (χ4n) is 5.60. The molecule has 32 heavy (non-hydrogen) atoms. The zero-order chi connectivity index (χ0) is 21.9. The minimum atomic E-state index is -0.750. The highest BCUT2D eigenvalue weighted by atomic mass is 16.5. The van der Waals surface area contributed by atoms with Crippen LogP contribution >= 0.6 is 0 Å². The molecule has 4 aliphatic heterocycles. The van der Waals surface area contributed by atoms with Crippen molar-refractivity contribution < 1.29 is 19.1 Å². The fourth-order valence-corrected chi connectivity index (χ4v) is 5.60. The molecule has 164 valence electrons. The summed E-state index contributed by atoms with van der Waals surface area (Å²) in [6.45, 7) is 2.21. The van der Waals surface area contributed by atoms with Crippen LogP contribution in [0.25, 0.3) is 0 Å². The maximum Gasteiger partial charge on any atom is 0.321 e. The van der Waals surface area contributed by atoms with Crippen LogP contribution in [0.4, 0.5) is 10.5 Å². The Hall–Kier alpha value is -3.39. The maximum absolute atomic E-state index is 13.5. The first-order valence-corrected chi connectivity index (χ1v) is 11.1. The molecule has 2 aromatic carbocycles. The molecule has 0 unspecified atom stereocenters. The van der Waals surface area contributed by atoms with Gasteiger partial charge in [0.1, 0.15) is 6.10 Å². The lowest BCUT2D eigenvalue weighted by Crippen LogP contribution is -2.48. The van der Waals surface area contributed by atoms with Gasteiger partial charge in [-0.05, 0) is 23.8 Å². The van der Waals surface area contributed by atoms with E-state index in [9.17, 15) is 14.4 Å². The first kappa shape index (κ1) is 19.3. The molecule has 4 saturated heterocycles. The topological polar surface area (TPSA) is 82.2 Å². The number of nitrogens with zero attached hydrogens (tertiary/aromatic N) is 3. The zero-order valence-electron chi connectivity index (χ0n) is 17.6. The molecule has 0 bridgehead atoms. The lowest BCUT2D eigenvalue weighted by atomic mass is 10.1. The molecule has 1 N–H and O–H groups in total. The molecule has 8 nitrogen and oxygen atoms in total. The Morgan fingerprint density at radius 2 is 1.91 bits per heavy atom. The molecular weight excluding hydrogens is 408 g/mol. The van der Waals surface area contributed by atoms with Crippen molar-refractivity contribution >= 4 is 23.5 Å². The lowest BCUT2D eigenvalue weighted by molar-refractivity contribution is -0.138. The SMILES string of the molecule is O=C1NCCN1c1cccc(C(=O)N2CC[C@@]34O[C@H](c5ccccc5)CN3C(=O)C[C@@H]24)c1. The Bertz CT molecular complexity index is 1110. The molecule has 0 radical (unpaired) electrons. The highest BCUT2D eigenvalue weighted by Crippen LogP contribution is 2.50. The van der Waals surface area contributed by atoms with Crippen molar-refractivity contribution in [1.82, 2.24) is 15.1 Å². The number of amides is 4. The largest absolute Gasteiger partial charge is 0.343 e. The molecule has 2 aromatic rings. The van der Waals surface area contributed by atoms with Crippen LogP contribution in [0.2, 0.25) is 0 Å². The first-order chi connectivity index (χ1) is 15.6. The van der Waals surface area contributed by atoms with E-state index in [4.69, 9.17) is 4.74 Å². The number of benzene rings is 2. The normalized spacial score (nSPS) is 28.8. The molecule has 6 rings (SSSR count). The number of carbonyl (C=O) groups excluding carboxylic acids is 3. The summed E-state index contributed by atoms with van der Waals surface area (Å²) in [5, 5.41) is 2.78. The average molecular weight is 432 g/mol. The summed E-state index contributed by atoms with van der Waals surface area (Å²) in [5.41, 5.74) is 1.51. The second kappa shape index (κ2) is 7.06. The fraction of sp³-hybridized carbons (Fsp3) is 0.375. The molecule has 8 heteroatoms. The Balaban J connectivity index is 1.27. The summed E-state index contributed by atoms with van der Waals surface area (Å²) in [6, 6.07) is 16.6. The lowest BCUT2D eigenvalue weighted by Gasteiger charge is -2.32. The van der Waals surface area contributed by atoms with Gasteiger partial charge in [0.2, 0.25) is 5.91 Å². The number of ether oxygens (including phenoxy) is 1. The van der Waals surface area contributed by atoms with E-state index in [1.54, 1.807) is 28.0 Å². The van der Waals surface area contributed by atoms with Crippen molar-refractivity contribution in [2.24, 2.45) is 0 Å². The van der Waals surface area contributed by atoms with Crippen LogP contribution in [0.3, 0.4) is 0 Å². The van der Waals surface area contributed by atoms with Crippen molar-refractivity contribution in [3.8, 4) is 0 Å². The van der Waals surface area contributed by atoms with Crippen molar-refractivity contribution in [2.45, 2.75) is 30.7 Å². The Morgan fingerprint density at radius 3 is 2.69 bits per heavy atom. The number of rotatable bonds is 3. The summed E-state index contributed by atoms with van der Waals surface area (Å²) in [6.07, 6.45) is 0.698.